The number of carbonyl (C=O) groups excluding carboxylic acids is 4. The van der Waals surface area contributed by atoms with Gasteiger partial charge in [-0.15, -0.1) is 0 Å². The molecule has 0 heterocycles. The minimum atomic E-state index is -5.25. The van der Waals surface area contributed by atoms with Crippen LogP contribution >= 0.6 is 15.6 Å². The van der Waals surface area contributed by atoms with Gasteiger partial charge in [-0.25, -0.2) is 0 Å². The van der Waals surface area contributed by atoms with Crippen molar-refractivity contribution in [1.29, 1.82) is 0 Å². The average molecular weight is 1490 g/mol. The molecule has 0 bridgehead atoms. The van der Waals surface area contributed by atoms with Gasteiger partial charge >= 0.3 is 83.0 Å². The summed E-state index contributed by atoms with van der Waals surface area (Å²) in [6.45, 7) is 4.34. The molecule has 17 nitrogen and oxygen atoms in total. The Morgan fingerprint density at radius 3 is 0.735 bits per heavy atom. The molecule has 0 aromatic rings. The first-order valence-corrected chi connectivity index (χ1v) is 42.4. The monoisotopic (exact) mass is 1490 g/mol. The van der Waals surface area contributed by atoms with Crippen molar-refractivity contribution in [3.05, 3.63) is 97.2 Å². The topological polar surface area (TPSA) is 243 Å². The number of phosphoric acid groups is 2. The van der Waals surface area contributed by atoms with Crippen LogP contribution in [-0.4, -0.2) is 86.9 Å². The summed E-state index contributed by atoms with van der Waals surface area (Å²) in [5.41, 5.74) is 0. The van der Waals surface area contributed by atoms with Crippen molar-refractivity contribution >= 4 is 39.5 Å². The number of carbonyl (C=O) groups is 4. The first kappa shape index (κ1) is 104. The van der Waals surface area contributed by atoms with Gasteiger partial charge in [0.15, 0.2) is 12.2 Å². The molecule has 0 radical (unpaired) electrons. The predicted molar refractivity (Wildman–Crippen MR) is 404 cm³/mol. The minimum Gasteiger partial charge on any atom is -0.756 e. The maximum absolute atomic E-state index is 13.0. The quantitative estimate of drug-likeness (QED) is 0.0149. The van der Waals surface area contributed by atoms with E-state index < -0.39 is 97.5 Å². The Bertz CT molecular complexity index is 2140. The van der Waals surface area contributed by atoms with E-state index >= 15 is 0 Å². The van der Waals surface area contributed by atoms with E-state index in [9.17, 15) is 43.2 Å². The molecule has 0 saturated heterocycles. The van der Waals surface area contributed by atoms with Crippen LogP contribution in [-0.2, 0) is 65.4 Å². The van der Waals surface area contributed by atoms with E-state index in [1.807, 2.05) is 0 Å². The fourth-order valence-electron chi connectivity index (χ4n) is 10.4. The second-order valence-corrected chi connectivity index (χ2v) is 29.1. The van der Waals surface area contributed by atoms with Crippen molar-refractivity contribution < 1.29 is 139 Å². The molecule has 102 heavy (non-hydrogen) atoms. The summed E-state index contributed by atoms with van der Waals surface area (Å²) >= 11 is 0. The maximum atomic E-state index is 13.0. The molecule has 1 N–H and O–H groups in total. The molecule has 0 aromatic carbocycles. The van der Waals surface area contributed by atoms with Crippen LogP contribution in [0.25, 0.3) is 0 Å². The summed E-state index contributed by atoms with van der Waals surface area (Å²) in [7, 11) is -10.5. The molecule has 5 atom stereocenters. The summed E-state index contributed by atoms with van der Waals surface area (Å²) < 4.78 is 67.6. The van der Waals surface area contributed by atoms with Crippen LogP contribution in [0.4, 0.5) is 0 Å². The van der Waals surface area contributed by atoms with E-state index in [2.05, 4.69) is 125 Å². The third-order valence-corrected chi connectivity index (χ3v) is 18.3. The average Bonchev–Trinajstić information content (AvgIpc) is 0.927. The third-order valence-electron chi connectivity index (χ3n) is 16.5. The first-order valence-electron chi connectivity index (χ1n) is 39.4. The van der Waals surface area contributed by atoms with E-state index in [4.69, 9.17) is 37.0 Å². The standard InChI is InChI=1S/C81H142O17P2.2Na/c1-5-9-13-17-21-25-29-33-37-41-45-49-53-57-61-65-78(83)91-71-76(97-80(85)67-63-59-55-51-47-43-39-35-31-27-23-19-15-11-7-3)73-95-99(87,88)93-69-75(82)70-94-100(89,90)96-74-77(98-81(86)68-64-60-56-52-48-44-40-36-32-28-24-20-16-12-8-4)72-92-79(84)66-62-58-54-50-46-42-38-34-30-26-22-18-14-10-6-2;;/h25-32,37-44,75-77,82H,5-24,33-36,45-74H2,1-4H3,(H,87,88)(H,89,90);;/q;2*+1/p-2/b29-25+,30-26?,31-27?,32-28?,41-37-,42-38?,43-39?,44-40-;;. The number of unbranched alkanes of at least 4 members (excludes halogenated alkanes) is 32. The van der Waals surface area contributed by atoms with Crippen LogP contribution in [0.1, 0.15) is 336 Å². The number of ether oxygens (including phenoxy) is 4. The van der Waals surface area contributed by atoms with Crippen molar-refractivity contribution in [3.8, 4) is 0 Å². The Morgan fingerprint density at radius 2 is 0.500 bits per heavy atom. The van der Waals surface area contributed by atoms with E-state index in [1.165, 1.54) is 103 Å². The number of allylic oxidation sites excluding steroid dienone is 16. The van der Waals surface area contributed by atoms with Crippen LogP contribution < -0.4 is 68.9 Å². The molecular formula is C81H140Na2O17P2. The molecule has 0 rings (SSSR count). The van der Waals surface area contributed by atoms with Gasteiger partial charge in [-0.2, -0.15) is 0 Å². The molecule has 0 aliphatic carbocycles. The van der Waals surface area contributed by atoms with Crippen LogP contribution in [0.2, 0.25) is 0 Å². The minimum absolute atomic E-state index is 0. The summed E-state index contributed by atoms with van der Waals surface area (Å²) in [5, 5.41) is 10.6. The Labute approximate surface area is 664 Å². The van der Waals surface area contributed by atoms with Crippen LogP contribution in [0, 0.1) is 0 Å². The molecule has 21 heteroatoms. The van der Waals surface area contributed by atoms with Gasteiger partial charge < -0.3 is 51.9 Å². The molecule has 5 unspecified atom stereocenters. The number of phosphoric ester groups is 2. The zero-order valence-electron chi connectivity index (χ0n) is 65.0. The van der Waals surface area contributed by atoms with Gasteiger partial charge in [0.1, 0.15) is 19.3 Å². The van der Waals surface area contributed by atoms with Crippen LogP contribution in [0.3, 0.4) is 0 Å². The number of esters is 4. The zero-order chi connectivity index (χ0) is 73.2. The Balaban J connectivity index is -0.0000490. The fraction of sp³-hybridized carbons (Fsp3) is 0.753. The molecule has 0 amide bonds. The molecular weight excluding hydrogens is 1350 g/mol. The number of aliphatic hydroxyl groups excluding tert-OH is 1. The molecule has 578 valence electrons. The van der Waals surface area contributed by atoms with Crippen molar-refractivity contribution in [2.24, 2.45) is 0 Å². The van der Waals surface area contributed by atoms with Crippen molar-refractivity contribution in [2.45, 2.75) is 354 Å². The number of hydrogen-bond acceptors (Lipinski definition) is 17. The number of aliphatic hydroxyl groups is 1. The largest absolute Gasteiger partial charge is 1.00 e. The summed E-state index contributed by atoms with van der Waals surface area (Å²) in [5.74, 6) is -2.34. The maximum Gasteiger partial charge on any atom is 1.00 e. The Morgan fingerprint density at radius 1 is 0.294 bits per heavy atom. The predicted octanol–water partition coefficient (Wildman–Crippen LogP) is 15.5. The van der Waals surface area contributed by atoms with Gasteiger partial charge in [0.05, 0.1) is 26.4 Å². The summed E-state index contributed by atoms with van der Waals surface area (Å²) in [4.78, 5) is 77.6. The van der Waals surface area contributed by atoms with E-state index in [0.717, 1.165) is 154 Å². The molecule has 0 aliphatic rings. The third kappa shape index (κ3) is 79.0. The summed E-state index contributed by atoms with van der Waals surface area (Å²) in [6.07, 6.45) is 76.0. The normalized spacial score (nSPS) is 14.1. The summed E-state index contributed by atoms with van der Waals surface area (Å²) in [6, 6.07) is 0. The van der Waals surface area contributed by atoms with Gasteiger partial charge in [0.25, 0.3) is 15.6 Å². The molecule has 0 fully saturated rings. The van der Waals surface area contributed by atoms with Crippen LogP contribution in [0.5, 0.6) is 0 Å². The van der Waals surface area contributed by atoms with Crippen molar-refractivity contribution in [3.63, 3.8) is 0 Å². The fourth-order valence-corrected chi connectivity index (χ4v) is 11.9. The Kier molecular flexibility index (Phi) is 81.7. The van der Waals surface area contributed by atoms with Gasteiger partial charge in [0.2, 0.25) is 0 Å². The van der Waals surface area contributed by atoms with Gasteiger partial charge in [-0.1, -0.05) is 253 Å². The SMILES string of the molecule is CCCCCCC=CCC=CCCCCCCC(=O)OCC(COP(=O)([O-])OCC(O)COP(=O)([O-])OCC(COC(=O)CCCCCC/C=C\C/C=C/CCCCCC)OC(=O)CCCCCCC=CCC=CCCCCCC)OC(=O)CCCCCC/C=C\CC=CCCCCCC.[Na+].[Na+]. The number of hydrogen-bond donors (Lipinski definition) is 1. The first-order chi connectivity index (χ1) is 48.7. The van der Waals surface area contributed by atoms with Crippen LogP contribution in [0.15, 0.2) is 97.2 Å². The number of rotatable bonds is 74. The second kappa shape index (κ2) is 80.0. The van der Waals surface area contributed by atoms with Gasteiger partial charge in [0, 0.05) is 25.7 Å². The second-order valence-electron chi connectivity index (χ2n) is 26.2. The Hall–Kier alpha value is -2.02. The van der Waals surface area contributed by atoms with E-state index in [-0.39, 0.29) is 84.8 Å². The van der Waals surface area contributed by atoms with E-state index in [0.29, 0.717) is 25.7 Å². The van der Waals surface area contributed by atoms with Gasteiger partial charge in [-0.3, -0.25) is 28.3 Å². The molecule has 0 spiro atoms. The molecule has 0 saturated carbocycles. The van der Waals surface area contributed by atoms with Crippen molar-refractivity contribution in [1.82, 2.24) is 0 Å². The smallest absolute Gasteiger partial charge is 0.756 e. The van der Waals surface area contributed by atoms with E-state index in [1.54, 1.807) is 0 Å². The molecule has 0 aliphatic heterocycles. The molecule has 0 aromatic heterocycles. The van der Waals surface area contributed by atoms with Gasteiger partial charge in [-0.05, 0) is 154 Å². The van der Waals surface area contributed by atoms with Crippen molar-refractivity contribution in [2.75, 3.05) is 39.6 Å². The zero-order valence-corrected chi connectivity index (χ0v) is 70.8.